The second-order valence-electron chi connectivity index (χ2n) is 6.95. The van der Waals surface area contributed by atoms with Crippen LogP contribution in [0.15, 0.2) is 83.8 Å². The molecule has 0 spiro atoms. The summed E-state index contributed by atoms with van der Waals surface area (Å²) in [6.07, 6.45) is 0. The number of benzene rings is 3. The van der Waals surface area contributed by atoms with Crippen LogP contribution in [0, 0.1) is 6.92 Å². The normalized spacial score (nSPS) is 10.6. The van der Waals surface area contributed by atoms with Gasteiger partial charge < -0.3 is 9.64 Å². The number of aromatic amines is 1. The van der Waals surface area contributed by atoms with Crippen LogP contribution in [0.25, 0.3) is 11.3 Å². The largest absolute Gasteiger partial charge is 0.438 e. The number of aryl methyl sites for hydroxylation is 1. The van der Waals surface area contributed by atoms with Gasteiger partial charge in [-0.1, -0.05) is 36.4 Å². The highest BCUT2D eigenvalue weighted by molar-refractivity contribution is 7.80. The molecule has 0 aliphatic heterocycles. The molecule has 1 heterocycles. The van der Waals surface area contributed by atoms with E-state index in [0.717, 1.165) is 27.4 Å². The zero-order valence-corrected chi connectivity index (χ0v) is 17.6. The van der Waals surface area contributed by atoms with Crippen molar-refractivity contribution in [3.63, 3.8) is 0 Å². The number of hydrogen-bond acceptors (Lipinski definition) is 4. The molecule has 6 heteroatoms. The topological polar surface area (TPSA) is 58.2 Å². The molecule has 3 aromatic carbocycles. The summed E-state index contributed by atoms with van der Waals surface area (Å²) in [6.45, 7) is 2.05. The van der Waals surface area contributed by atoms with Crippen molar-refractivity contribution in [3.05, 3.63) is 90.0 Å². The summed E-state index contributed by atoms with van der Waals surface area (Å²) in [5, 5.41) is 7.25. The molecule has 0 aliphatic rings. The molecular weight excluding hydrogens is 394 g/mol. The quantitative estimate of drug-likeness (QED) is 0.409. The van der Waals surface area contributed by atoms with E-state index in [-0.39, 0.29) is 5.91 Å². The first-order valence-corrected chi connectivity index (χ1v) is 9.92. The summed E-state index contributed by atoms with van der Waals surface area (Å²) in [7, 11) is 1.74. The third kappa shape index (κ3) is 4.23. The Kier molecular flexibility index (Phi) is 5.59. The van der Waals surface area contributed by atoms with Gasteiger partial charge in [0.05, 0.1) is 5.69 Å². The second kappa shape index (κ2) is 8.47. The molecule has 1 N–H and O–H groups in total. The molecule has 4 aromatic rings. The lowest BCUT2D eigenvalue weighted by Gasteiger charge is -2.18. The minimum absolute atomic E-state index is 0.137. The Labute approximate surface area is 180 Å². The average molecular weight is 416 g/mol. The lowest BCUT2D eigenvalue weighted by molar-refractivity contribution is 0.0992. The van der Waals surface area contributed by atoms with Gasteiger partial charge in [-0.25, -0.2) is 0 Å². The molecular formula is C24H21N3O2S. The predicted molar refractivity (Wildman–Crippen MR) is 122 cm³/mol. The Morgan fingerprint density at radius 3 is 2.60 bits per heavy atom. The first kappa shape index (κ1) is 19.8. The highest BCUT2D eigenvalue weighted by atomic mass is 32.1. The number of hydrogen-bond donors (Lipinski definition) is 2. The zero-order chi connectivity index (χ0) is 21.1. The average Bonchev–Trinajstić information content (AvgIpc) is 3.21. The minimum Gasteiger partial charge on any atom is -0.438 e. The molecule has 1 amide bonds. The summed E-state index contributed by atoms with van der Waals surface area (Å²) >= 11 is 4.34. The number of amides is 1. The van der Waals surface area contributed by atoms with Crippen LogP contribution in [0.4, 0.5) is 5.69 Å². The van der Waals surface area contributed by atoms with E-state index in [2.05, 4.69) is 22.8 Å². The van der Waals surface area contributed by atoms with Gasteiger partial charge in [-0.15, -0.1) is 17.7 Å². The maximum Gasteiger partial charge on any atom is 0.258 e. The summed E-state index contributed by atoms with van der Waals surface area (Å²) in [4.78, 5) is 15.3. The number of thiol groups is 1. The van der Waals surface area contributed by atoms with Gasteiger partial charge in [0.15, 0.2) is 0 Å². The van der Waals surface area contributed by atoms with Gasteiger partial charge in [0.25, 0.3) is 5.91 Å². The van der Waals surface area contributed by atoms with Gasteiger partial charge in [0.2, 0.25) is 5.88 Å². The maximum absolute atomic E-state index is 12.9. The summed E-state index contributed by atoms with van der Waals surface area (Å²) in [6, 6.07) is 24.4. The fraction of sp³-hybridized carbons (Fsp3) is 0.0833. The van der Waals surface area contributed by atoms with Crippen molar-refractivity contribution in [2.45, 2.75) is 11.8 Å². The molecule has 0 fully saturated rings. The lowest BCUT2D eigenvalue weighted by atomic mass is 10.1. The minimum atomic E-state index is -0.137. The first-order valence-electron chi connectivity index (χ1n) is 9.48. The summed E-state index contributed by atoms with van der Waals surface area (Å²) in [5.41, 5.74) is 4.38. The summed E-state index contributed by atoms with van der Waals surface area (Å²) < 4.78 is 5.89. The van der Waals surface area contributed by atoms with Gasteiger partial charge in [-0.05, 0) is 48.9 Å². The molecule has 1 aromatic heterocycles. The van der Waals surface area contributed by atoms with E-state index in [9.17, 15) is 4.79 Å². The van der Waals surface area contributed by atoms with Crippen LogP contribution in [0.3, 0.4) is 0 Å². The molecule has 150 valence electrons. The van der Waals surface area contributed by atoms with Crippen molar-refractivity contribution in [1.29, 1.82) is 0 Å². The van der Waals surface area contributed by atoms with E-state index in [0.29, 0.717) is 17.2 Å². The third-order valence-corrected chi connectivity index (χ3v) is 5.09. The van der Waals surface area contributed by atoms with E-state index in [1.807, 2.05) is 61.5 Å². The predicted octanol–water partition coefficient (Wildman–Crippen LogP) is 5.74. The molecule has 0 radical (unpaired) electrons. The van der Waals surface area contributed by atoms with Crippen molar-refractivity contribution in [3.8, 4) is 22.9 Å². The SMILES string of the molecule is Cc1ccccc1-c1cc(Oc2cccc(C(=O)N(C)c3cccc(S)c3)c2)n[nH]1. The molecule has 0 unspecified atom stereocenters. The zero-order valence-electron chi connectivity index (χ0n) is 16.7. The van der Waals surface area contributed by atoms with Crippen molar-refractivity contribution in [1.82, 2.24) is 10.2 Å². The van der Waals surface area contributed by atoms with E-state index >= 15 is 0 Å². The maximum atomic E-state index is 12.9. The Balaban J connectivity index is 1.53. The molecule has 0 atom stereocenters. The van der Waals surface area contributed by atoms with Crippen molar-refractivity contribution in [2.24, 2.45) is 0 Å². The molecule has 30 heavy (non-hydrogen) atoms. The second-order valence-corrected chi connectivity index (χ2v) is 7.47. The lowest BCUT2D eigenvalue weighted by Crippen LogP contribution is -2.26. The fourth-order valence-corrected chi connectivity index (χ4v) is 3.41. The first-order chi connectivity index (χ1) is 14.5. The molecule has 0 aliphatic carbocycles. The van der Waals surface area contributed by atoms with Gasteiger partial charge >= 0.3 is 0 Å². The van der Waals surface area contributed by atoms with Gasteiger partial charge in [0.1, 0.15) is 5.75 Å². The van der Waals surface area contributed by atoms with Crippen LogP contribution in [-0.2, 0) is 0 Å². The number of aromatic nitrogens is 2. The molecule has 4 rings (SSSR count). The van der Waals surface area contributed by atoms with E-state index in [4.69, 9.17) is 4.74 Å². The van der Waals surface area contributed by atoms with Gasteiger partial charge in [-0.3, -0.25) is 9.89 Å². The fourth-order valence-electron chi connectivity index (χ4n) is 3.19. The Morgan fingerprint density at radius 2 is 1.80 bits per heavy atom. The van der Waals surface area contributed by atoms with Crippen molar-refractivity contribution < 1.29 is 9.53 Å². The van der Waals surface area contributed by atoms with E-state index in [1.165, 1.54) is 0 Å². The van der Waals surface area contributed by atoms with Crippen LogP contribution in [0.5, 0.6) is 11.6 Å². The van der Waals surface area contributed by atoms with E-state index in [1.54, 1.807) is 36.2 Å². The number of carbonyl (C=O) groups excluding carboxylic acids is 1. The van der Waals surface area contributed by atoms with Crippen LogP contribution in [0.2, 0.25) is 0 Å². The number of carbonyl (C=O) groups is 1. The van der Waals surface area contributed by atoms with Gasteiger partial charge in [0, 0.05) is 34.8 Å². The number of ether oxygens (including phenoxy) is 1. The smallest absolute Gasteiger partial charge is 0.258 e. The van der Waals surface area contributed by atoms with Gasteiger partial charge in [-0.2, -0.15) is 0 Å². The van der Waals surface area contributed by atoms with Crippen LogP contribution >= 0.6 is 12.6 Å². The highest BCUT2D eigenvalue weighted by Crippen LogP contribution is 2.28. The van der Waals surface area contributed by atoms with Crippen molar-refractivity contribution >= 4 is 24.2 Å². The number of nitrogens with one attached hydrogen (secondary N) is 1. The van der Waals surface area contributed by atoms with Crippen molar-refractivity contribution in [2.75, 3.05) is 11.9 Å². The van der Waals surface area contributed by atoms with Crippen LogP contribution in [-0.4, -0.2) is 23.2 Å². The third-order valence-electron chi connectivity index (χ3n) is 4.81. The van der Waals surface area contributed by atoms with Crippen LogP contribution in [0.1, 0.15) is 15.9 Å². The Hall–Kier alpha value is -3.51. The molecule has 0 saturated heterocycles. The number of nitrogens with zero attached hydrogens (tertiary/aromatic N) is 2. The monoisotopic (exact) mass is 415 g/mol. The Bertz CT molecular complexity index is 1200. The standard InChI is InChI=1S/C24H21N3O2S/c1-16-7-3-4-12-21(16)22-15-23(26-25-22)29-19-10-5-8-17(13-19)24(28)27(2)18-9-6-11-20(30)14-18/h3-15,30H,1-2H3,(H,25,26). The van der Waals surface area contributed by atoms with E-state index < -0.39 is 0 Å². The molecule has 5 nitrogen and oxygen atoms in total. The molecule has 0 bridgehead atoms. The van der Waals surface area contributed by atoms with Crippen LogP contribution < -0.4 is 9.64 Å². The number of rotatable bonds is 5. The number of H-pyrrole nitrogens is 1. The Morgan fingerprint density at radius 1 is 1.00 bits per heavy atom. The number of anilines is 1. The highest BCUT2D eigenvalue weighted by Gasteiger charge is 2.15. The summed E-state index contributed by atoms with van der Waals surface area (Å²) in [5.74, 6) is 0.844. The molecule has 0 saturated carbocycles.